The summed E-state index contributed by atoms with van der Waals surface area (Å²) < 4.78 is 7.50. The molecule has 0 bridgehead atoms. The highest BCUT2D eigenvalue weighted by Crippen LogP contribution is 2.41. The Hall–Kier alpha value is 0.287. The standard InChI is InChI=1S/C14H26BrNOSSi/c1-10(2)8-11(13-16-12(15)9-18-13)17-19(6,7)14(3,4)5/h9-11H,8H2,1-7H3/t11-/m0/s1. The van der Waals surface area contributed by atoms with Gasteiger partial charge in [-0.2, -0.15) is 0 Å². The van der Waals surface area contributed by atoms with Gasteiger partial charge in [0, 0.05) is 5.38 Å². The molecule has 2 nitrogen and oxygen atoms in total. The highest BCUT2D eigenvalue weighted by Gasteiger charge is 2.40. The fraction of sp³-hybridized carbons (Fsp3) is 0.786. The fourth-order valence-corrected chi connectivity index (χ4v) is 4.24. The van der Waals surface area contributed by atoms with Crippen molar-refractivity contribution in [1.82, 2.24) is 4.98 Å². The van der Waals surface area contributed by atoms with Gasteiger partial charge < -0.3 is 4.43 Å². The molecule has 5 heteroatoms. The van der Waals surface area contributed by atoms with Crippen molar-refractivity contribution >= 4 is 35.6 Å². The molecule has 0 aliphatic heterocycles. The average molecular weight is 364 g/mol. The summed E-state index contributed by atoms with van der Waals surface area (Å²) in [6.07, 6.45) is 1.17. The van der Waals surface area contributed by atoms with E-state index in [9.17, 15) is 0 Å². The van der Waals surface area contributed by atoms with E-state index in [1.165, 1.54) is 0 Å². The molecule has 1 atom stereocenters. The molecule has 0 aromatic carbocycles. The van der Waals surface area contributed by atoms with Crippen LogP contribution >= 0.6 is 27.3 Å². The minimum absolute atomic E-state index is 0.136. The molecule has 1 heterocycles. The second kappa shape index (κ2) is 6.37. The van der Waals surface area contributed by atoms with Crippen molar-refractivity contribution in [2.24, 2.45) is 5.92 Å². The van der Waals surface area contributed by atoms with Gasteiger partial charge in [-0.3, -0.25) is 0 Å². The Morgan fingerprint density at radius 3 is 2.32 bits per heavy atom. The smallest absolute Gasteiger partial charge is 0.193 e. The highest BCUT2D eigenvalue weighted by molar-refractivity contribution is 9.10. The lowest BCUT2D eigenvalue weighted by Gasteiger charge is -2.39. The largest absolute Gasteiger partial charge is 0.407 e. The first kappa shape index (κ1) is 17.3. The zero-order valence-corrected chi connectivity index (χ0v) is 16.5. The first-order valence-electron chi connectivity index (χ1n) is 6.81. The number of rotatable bonds is 5. The summed E-state index contributed by atoms with van der Waals surface area (Å²) in [6, 6.07) is 0. The maximum atomic E-state index is 6.58. The van der Waals surface area contributed by atoms with Crippen LogP contribution < -0.4 is 0 Å². The van der Waals surface area contributed by atoms with Gasteiger partial charge in [-0.25, -0.2) is 4.98 Å². The quantitative estimate of drug-likeness (QED) is 0.597. The van der Waals surface area contributed by atoms with Crippen LogP contribution in [0.4, 0.5) is 0 Å². The number of hydrogen-bond donors (Lipinski definition) is 0. The van der Waals surface area contributed by atoms with E-state index in [0.717, 1.165) is 16.0 Å². The van der Waals surface area contributed by atoms with Gasteiger partial charge in [-0.1, -0.05) is 34.6 Å². The summed E-state index contributed by atoms with van der Waals surface area (Å²) >= 11 is 5.13. The van der Waals surface area contributed by atoms with E-state index in [-0.39, 0.29) is 11.1 Å². The first-order chi connectivity index (χ1) is 8.53. The van der Waals surface area contributed by atoms with Crippen LogP contribution in [0, 0.1) is 5.92 Å². The third kappa shape index (κ3) is 4.96. The Morgan fingerprint density at radius 2 is 1.95 bits per heavy atom. The summed E-state index contributed by atoms with van der Waals surface area (Å²) in [5, 5.41) is 3.37. The van der Waals surface area contributed by atoms with Crippen molar-refractivity contribution in [3.8, 4) is 0 Å². The van der Waals surface area contributed by atoms with E-state index in [1.807, 2.05) is 5.38 Å². The zero-order valence-electron chi connectivity index (χ0n) is 13.1. The monoisotopic (exact) mass is 363 g/mol. The summed E-state index contributed by atoms with van der Waals surface area (Å²) in [4.78, 5) is 4.56. The maximum Gasteiger partial charge on any atom is 0.193 e. The lowest BCUT2D eigenvalue weighted by atomic mass is 10.1. The van der Waals surface area contributed by atoms with Gasteiger partial charge in [-0.15, -0.1) is 11.3 Å². The SMILES string of the molecule is CC(C)C[C@H](O[Si](C)(C)C(C)(C)C)c1nc(Br)cs1. The molecule has 0 radical (unpaired) electrons. The molecular weight excluding hydrogens is 338 g/mol. The fourth-order valence-electron chi connectivity index (χ4n) is 1.57. The molecule has 0 aliphatic rings. The second-order valence-electron chi connectivity index (χ2n) is 7.00. The average Bonchev–Trinajstić information content (AvgIpc) is 2.61. The topological polar surface area (TPSA) is 22.1 Å². The third-order valence-corrected chi connectivity index (χ3v) is 9.83. The van der Waals surface area contributed by atoms with Gasteiger partial charge in [0.2, 0.25) is 0 Å². The molecule has 19 heavy (non-hydrogen) atoms. The maximum absolute atomic E-state index is 6.58. The summed E-state index contributed by atoms with van der Waals surface area (Å²) in [5.74, 6) is 0.609. The van der Waals surface area contributed by atoms with Crippen LogP contribution in [0.25, 0.3) is 0 Å². The van der Waals surface area contributed by atoms with Crippen molar-refractivity contribution in [2.45, 2.75) is 65.3 Å². The molecular formula is C14H26BrNOSSi. The van der Waals surface area contributed by atoms with Crippen molar-refractivity contribution < 1.29 is 4.43 Å². The van der Waals surface area contributed by atoms with Crippen LogP contribution in [0.1, 0.15) is 52.2 Å². The Morgan fingerprint density at radius 1 is 1.37 bits per heavy atom. The Bertz CT molecular complexity index is 412. The van der Waals surface area contributed by atoms with Crippen LogP contribution in [0.15, 0.2) is 9.98 Å². The van der Waals surface area contributed by atoms with Crippen molar-refractivity contribution in [2.75, 3.05) is 0 Å². The number of aromatic nitrogens is 1. The van der Waals surface area contributed by atoms with Gasteiger partial charge in [0.15, 0.2) is 8.32 Å². The second-order valence-corrected chi connectivity index (χ2v) is 13.5. The molecule has 0 unspecified atom stereocenters. The van der Waals surface area contributed by atoms with E-state index < -0.39 is 8.32 Å². The van der Waals surface area contributed by atoms with Crippen LogP contribution in [-0.4, -0.2) is 13.3 Å². The van der Waals surface area contributed by atoms with E-state index in [2.05, 4.69) is 68.6 Å². The number of hydrogen-bond acceptors (Lipinski definition) is 3. The van der Waals surface area contributed by atoms with Crippen LogP contribution in [0.3, 0.4) is 0 Å². The molecule has 0 N–H and O–H groups in total. The lowest BCUT2D eigenvalue weighted by molar-refractivity contribution is 0.157. The van der Waals surface area contributed by atoms with Crippen LogP contribution in [-0.2, 0) is 4.43 Å². The molecule has 0 fully saturated rings. The van der Waals surface area contributed by atoms with Crippen molar-refractivity contribution in [1.29, 1.82) is 0 Å². The minimum Gasteiger partial charge on any atom is -0.407 e. The minimum atomic E-state index is -1.76. The summed E-state index contributed by atoms with van der Waals surface area (Å²) in [7, 11) is -1.76. The number of halogens is 1. The lowest BCUT2D eigenvalue weighted by Crippen LogP contribution is -2.42. The van der Waals surface area contributed by atoms with E-state index >= 15 is 0 Å². The molecule has 0 spiro atoms. The van der Waals surface area contributed by atoms with Gasteiger partial charge in [0.05, 0.1) is 6.10 Å². The van der Waals surface area contributed by atoms with E-state index in [0.29, 0.717) is 5.92 Å². The van der Waals surface area contributed by atoms with Crippen molar-refractivity contribution in [3.05, 3.63) is 15.0 Å². The molecule has 0 saturated heterocycles. The summed E-state index contributed by atoms with van der Waals surface area (Å²) in [5.41, 5.74) is 0. The third-order valence-electron chi connectivity index (χ3n) is 3.70. The van der Waals surface area contributed by atoms with Crippen LogP contribution in [0.5, 0.6) is 0 Å². The molecule has 0 aliphatic carbocycles. The number of thiazole rings is 1. The van der Waals surface area contributed by atoms with Crippen LogP contribution in [0.2, 0.25) is 18.1 Å². The Kier molecular flexibility index (Phi) is 5.81. The van der Waals surface area contributed by atoms with Gasteiger partial charge in [-0.05, 0) is 46.4 Å². The van der Waals surface area contributed by atoms with E-state index in [1.54, 1.807) is 11.3 Å². The predicted molar refractivity (Wildman–Crippen MR) is 90.3 cm³/mol. The van der Waals surface area contributed by atoms with E-state index in [4.69, 9.17) is 4.43 Å². The van der Waals surface area contributed by atoms with Gasteiger partial charge in [0.1, 0.15) is 9.61 Å². The molecule has 0 saturated carbocycles. The molecule has 110 valence electrons. The summed E-state index contributed by atoms with van der Waals surface area (Å²) in [6.45, 7) is 15.9. The number of nitrogens with zero attached hydrogens (tertiary/aromatic N) is 1. The zero-order chi connectivity index (χ0) is 14.8. The normalized spacial score (nSPS) is 15.0. The molecule has 0 amide bonds. The molecule has 1 aromatic heterocycles. The molecule has 1 aromatic rings. The Labute approximate surface area is 131 Å². The van der Waals surface area contributed by atoms with Gasteiger partial charge in [0.25, 0.3) is 0 Å². The predicted octanol–water partition coefficient (Wildman–Crippen LogP) is 6.01. The highest BCUT2D eigenvalue weighted by atomic mass is 79.9. The first-order valence-corrected chi connectivity index (χ1v) is 11.4. The van der Waals surface area contributed by atoms with Gasteiger partial charge >= 0.3 is 0 Å². The van der Waals surface area contributed by atoms with Crippen molar-refractivity contribution in [3.63, 3.8) is 0 Å². The molecule has 1 rings (SSSR count). The Balaban J connectivity index is 2.93.